The predicted molar refractivity (Wildman–Crippen MR) is 84.4 cm³/mol. The van der Waals surface area contributed by atoms with Crippen LogP contribution in [0.15, 0.2) is 48.5 Å². The largest absolute Gasteiger partial charge is 0.508 e. The number of nitrogens with zero attached hydrogens (tertiary/aromatic N) is 1. The molecule has 1 heterocycles. The van der Waals surface area contributed by atoms with E-state index in [0.29, 0.717) is 11.8 Å². The van der Waals surface area contributed by atoms with Crippen LogP contribution >= 0.6 is 0 Å². The molecule has 1 fully saturated rings. The minimum absolute atomic E-state index is 0.197. The van der Waals surface area contributed by atoms with Crippen LogP contribution < -0.4 is 0 Å². The first-order chi connectivity index (χ1) is 10.2. The van der Waals surface area contributed by atoms with E-state index in [1.807, 2.05) is 12.1 Å². The molecule has 2 aromatic carbocycles. The number of aromatic hydroxyl groups is 1. The second-order valence-corrected chi connectivity index (χ2v) is 6.68. The summed E-state index contributed by atoms with van der Waals surface area (Å²) in [6.07, 6.45) is 2.29. The van der Waals surface area contributed by atoms with Crippen LogP contribution in [0.5, 0.6) is 5.75 Å². The molecule has 0 amide bonds. The van der Waals surface area contributed by atoms with Crippen LogP contribution in [0.2, 0.25) is 0 Å². The van der Waals surface area contributed by atoms with Crippen molar-refractivity contribution in [3.05, 3.63) is 65.2 Å². The number of fused-ring (bicyclic) bond motifs is 3. The Morgan fingerprint density at radius 2 is 2.00 bits per heavy atom. The molecule has 108 valence electrons. The van der Waals surface area contributed by atoms with Crippen molar-refractivity contribution in [2.45, 2.75) is 37.8 Å². The van der Waals surface area contributed by atoms with Crippen LogP contribution in [-0.2, 0) is 18.4 Å². The van der Waals surface area contributed by atoms with Gasteiger partial charge in [0.1, 0.15) is 5.75 Å². The SMILES string of the molecule is CC12CCN(Cc3ccccc3)C1Cc1ccc(O)cc12. The van der Waals surface area contributed by atoms with Gasteiger partial charge in [-0.25, -0.2) is 0 Å². The summed E-state index contributed by atoms with van der Waals surface area (Å²) in [7, 11) is 0. The van der Waals surface area contributed by atoms with E-state index in [1.54, 1.807) is 0 Å². The lowest BCUT2D eigenvalue weighted by Crippen LogP contribution is -2.37. The van der Waals surface area contributed by atoms with Crippen molar-refractivity contribution in [1.29, 1.82) is 0 Å². The molecular weight excluding hydrogens is 258 g/mol. The average molecular weight is 279 g/mol. The van der Waals surface area contributed by atoms with E-state index in [9.17, 15) is 5.11 Å². The number of phenolic OH excluding ortho intramolecular Hbond substituents is 1. The second kappa shape index (κ2) is 4.60. The van der Waals surface area contributed by atoms with Gasteiger partial charge in [-0.1, -0.05) is 43.3 Å². The maximum atomic E-state index is 9.82. The van der Waals surface area contributed by atoms with E-state index in [0.717, 1.165) is 19.5 Å². The molecule has 2 atom stereocenters. The fourth-order valence-electron chi connectivity index (χ4n) is 4.26. The molecule has 0 aromatic heterocycles. The first-order valence-corrected chi connectivity index (χ1v) is 7.77. The highest BCUT2D eigenvalue weighted by molar-refractivity contribution is 5.47. The van der Waals surface area contributed by atoms with E-state index in [2.05, 4.69) is 48.2 Å². The molecule has 2 aromatic rings. The van der Waals surface area contributed by atoms with Crippen molar-refractivity contribution in [2.24, 2.45) is 0 Å². The average Bonchev–Trinajstić information content (AvgIpc) is 2.95. The van der Waals surface area contributed by atoms with Gasteiger partial charge in [-0.2, -0.15) is 0 Å². The first kappa shape index (κ1) is 12.9. The standard InChI is InChI=1S/C19H21NO/c1-19-9-10-20(13-14-5-3-2-4-6-14)18(19)11-15-7-8-16(21)12-17(15)19/h2-8,12,18,21H,9-11,13H2,1H3. The molecule has 1 aliphatic heterocycles. The van der Waals surface area contributed by atoms with Crippen LogP contribution in [0.3, 0.4) is 0 Å². The number of phenols is 1. The number of hydrogen-bond acceptors (Lipinski definition) is 2. The second-order valence-electron chi connectivity index (χ2n) is 6.68. The van der Waals surface area contributed by atoms with Crippen molar-refractivity contribution in [1.82, 2.24) is 4.90 Å². The zero-order valence-electron chi connectivity index (χ0n) is 12.4. The maximum absolute atomic E-state index is 9.82. The van der Waals surface area contributed by atoms with Crippen LogP contribution in [0.4, 0.5) is 0 Å². The van der Waals surface area contributed by atoms with E-state index in [4.69, 9.17) is 0 Å². The molecular formula is C19H21NO. The molecule has 2 heteroatoms. The first-order valence-electron chi connectivity index (χ1n) is 7.77. The van der Waals surface area contributed by atoms with Gasteiger partial charge in [-0.15, -0.1) is 0 Å². The fraction of sp³-hybridized carbons (Fsp3) is 0.368. The van der Waals surface area contributed by atoms with Crippen molar-refractivity contribution < 1.29 is 5.11 Å². The Balaban J connectivity index is 1.64. The molecule has 2 nitrogen and oxygen atoms in total. The van der Waals surface area contributed by atoms with Gasteiger partial charge in [0.15, 0.2) is 0 Å². The Bertz CT molecular complexity index is 667. The summed E-state index contributed by atoms with van der Waals surface area (Å²) in [4.78, 5) is 2.62. The Hall–Kier alpha value is -1.80. The summed E-state index contributed by atoms with van der Waals surface area (Å²) in [6, 6.07) is 17.2. The van der Waals surface area contributed by atoms with Crippen LogP contribution in [0.1, 0.15) is 30.0 Å². The normalized spacial score (nSPS) is 27.6. The van der Waals surface area contributed by atoms with Gasteiger partial charge in [0.25, 0.3) is 0 Å². The molecule has 1 saturated heterocycles. The van der Waals surface area contributed by atoms with E-state index in [-0.39, 0.29) is 5.41 Å². The summed E-state index contributed by atoms with van der Waals surface area (Å²) in [5.74, 6) is 0.400. The molecule has 4 rings (SSSR count). The van der Waals surface area contributed by atoms with Gasteiger partial charge in [0.05, 0.1) is 0 Å². The van der Waals surface area contributed by atoms with Gasteiger partial charge in [-0.05, 0) is 48.2 Å². The van der Waals surface area contributed by atoms with Crippen molar-refractivity contribution in [2.75, 3.05) is 6.54 Å². The molecule has 1 N–H and O–H groups in total. The number of rotatable bonds is 2. The highest BCUT2D eigenvalue weighted by Crippen LogP contribution is 2.49. The topological polar surface area (TPSA) is 23.5 Å². The summed E-state index contributed by atoms with van der Waals surface area (Å²) in [6.45, 7) is 4.54. The third kappa shape index (κ3) is 1.97. The third-order valence-corrected chi connectivity index (χ3v) is 5.45. The lowest BCUT2D eigenvalue weighted by Gasteiger charge is -2.30. The van der Waals surface area contributed by atoms with E-state index >= 15 is 0 Å². The summed E-state index contributed by atoms with van der Waals surface area (Å²) < 4.78 is 0. The maximum Gasteiger partial charge on any atom is 0.115 e. The minimum Gasteiger partial charge on any atom is -0.508 e. The third-order valence-electron chi connectivity index (χ3n) is 5.45. The zero-order chi connectivity index (χ0) is 14.4. The fourth-order valence-corrected chi connectivity index (χ4v) is 4.26. The molecule has 2 aliphatic rings. The molecule has 2 unspecified atom stereocenters. The molecule has 0 bridgehead atoms. The molecule has 0 saturated carbocycles. The van der Waals surface area contributed by atoms with Crippen molar-refractivity contribution in [3.63, 3.8) is 0 Å². The van der Waals surface area contributed by atoms with Crippen molar-refractivity contribution >= 4 is 0 Å². The Morgan fingerprint density at radius 3 is 2.81 bits per heavy atom. The minimum atomic E-state index is 0.197. The van der Waals surface area contributed by atoms with Crippen molar-refractivity contribution in [3.8, 4) is 5.75 Å². The highest BCUT2D eigenvalue weighted by atomic mass is 16.3. The van der Waals surface area contributed by atoms with Crippen LogP contribution in [-0.4, -0.2) is 22.6 Å². The van der Waals surface area contributed by atoms with Crippen LogP contribution in [0.25, 0.3) is 0 Å². The Kier molecular flexibility index (Phi) is 2.83. The number of hydrogen-bond donors (Lipinski definition) is 1. The highest BCUT2D eigenvalue weighted by Gasteiger charge is 2.50. The summed E-state index contributed by atoms with van der Waals surface area (Å²) in [5, 5.41) is 9.82. The zero-order valence-corrected chi connectivity index (χ0v) is 12.4. The molecule has 1 aliphatic carbocycles. The monoisotopic (exact) mass is 279 g/mol. The quantitative estimate of drug-likeness (QED) is 0.909. The lowest BCUT2D eigenvalue weighted by atomic mass is 9.80. The molecule has 0 spiro atoms. The van der Waals surface area contributed by atoms with E-state index in [1.165, 1.54) is 23.1 Å². The summed E-state index contributed by atoms with van der Waals surface area (Å²) >= 11 is 0. The van der Waals surface area contributed by atoms with Gasteiger partial charge in [0.2, 0.25) is 0 Å². The smallest absolute Gasteiger partial charge is 0.115 e. The number of likely N-dealkylation sites (tertiary alicyclic amines) is 1. The lowest BCUT2D eigenvalue weighted by molar-refractivity contribution is 0.217. The van der Waals surface area contributed by atoms with Gasteiger partial charge in [0, 0.05) is 18.0 Å². The summed E-state index contributed by atoms with van der Waals surface area (Å²) in [5.41, 5.74) is 4.37. The van der Waals surface area contributed by atoms with Gasteiger partial charge < -0.3 is 5.11 Å². The Labute approximate surface area is 126 Å². The van der Waals surface area contributed by atoms with E-state index < -0.39 is 0 Å². The Morgan fingerprint density at radius 1 is 1.19 bits per heavy atom. The van der Waals surface area contributed by atoms with Gasteiger partial charge in [-0.3, -0.25) is 4.90 Å². The van der Waals surface area contributed by atoms with Crippen LogP contribution in [0, 0.1) is 0 Å². The van der Waals surface area contributed by atoms with Gasteiger partial charge >= 0.3 is 0 Å². The molecule has 21 heavy (non-hydrogen) atoms. The number of benzene rings is 2. The predicted octanol–water partition coefficient (Wildman–Crippen LogP) is 3.48. The molecule has 0 radical (unpaired) electrons.